The first-order valence-electron chi connectivity index (χ1n) is 5.76. The van der Waals surface area contributed by atoms with Crippen LogP contribution in [0.2, 0.25) is 0 Å². The Labute approximate surface area is 109 Å². The van der Waals surface area contributed by atoms with E-state index < -0.39 is 24.5 Å². The van der Waals surface area contributed by atoms with Gasteiger partial charge in [-0.05, 0) is 16.8 Å². The molecule has 5 heteroatoms. The lowest BCUT2D eigenvalue weighted by Crippen LogP contribution is -2.43. The van der Waals surface area contributed by atoms with E-state index in [2.05, 4.69) is 5.32 Å². The van der Waals surface area contributed by atoms with Crippen LogP contribution in [0.3, 0.4) is 0 Å². The Hall–Kier alpha value is -2.40. The van der Waals surface area contributed by atoms with Gasteiger partial charge in [0, 0.05) is 5.56 Å². The lowest BCUT2D eigenvalue weighted by molar-refractivity contribution is -0.140. The minimum atomic E-state index is -1.30. The minimum absolute atomic E-state index is 0.387. The van der Waals surface area contributed by atoms with Crippen molar-refractivity contribution in [3.8, 4) is 0 Å². The van der Waals surface area contributed by atoms with Crippen molar-refractivity contribution in [3.05, 3.63) is 48.0 Å². The molecule has 0 fully saturated rings. The third-order valence-corrected chi connectivity index (χ3v) is 2.82. The minimum Gasteiger partial charge on any atom is -0.480 e. The largest absolute Gasteiger partial charge is 0.480 e. The molecule has 2 aromatic carbocycles. The maximum absolute atomic E-state index is 12.0. The van der Waals surface area contributed by atoms with Gasteiger partial charge in [-0.1, -0.05) is 36.4 Å². The molecule has 1 atom stereocenters. The predicted molar refractivity (Wildman–Crippen MR) is 69.9 cm³/mol. The van der Waals surface area contributed by atoms with Crippen LogP contribution in [0.5, 0.6) is 0 Å². The Morgan fingerprint density at radius 2 is 1.79 bits per heavy atom. The Morgan fingerprint density at radius 1 is 1.11 bits per heavy atom. The van der Waals surface area contributed by atoms with Crippen molar-refractivity contribution in [2.45, 2.75) is 6.04 Å². The van der Waals surface area contributed by atoms with E-state index in [1.165, 1.54) is 0 Å². The predicted octanol–water partition coefficient (Wildman–Crippen LogP) is 1.02. The lowest BCUT2D eigenvalue weighted by atomic mass is 10.0. The molecule has 19 heavy (non-hydrogen) atoms. The van der Waals surface area contributed by atoms with E-state index in [-0.39, 0.29) is 0 Å². The number of carbonyl (C=O) groups is 2. The van der Waals surface area contributed by atoms with Crippen molar-refractivity contribution in [2.24, 2.45) is 0 Å². The number of aliphatic hydroxyl groups is 1. The topological polar surface area (TPSA) is 86.6 Å². The highest BCUT2D eigenvalue weighted by molar-refractivity contribution is 6.07. The molecule has 98 valence electrons. The zero-order valence-electron chi connectivity index (χ0n) is 10.0. The summed E-state index contributed by atoms with van der Waals surface area (Å²) in [6, 6.07) is 11.2. The number of benzene rings is 2. The molecule has 0 saturated heterocycles. The molecule has 0 spiro atoms. The van der Waals surface area contributed by atoms with E-state index in [0.29, 0.717) is 5.56 Å². The monoisotopic (exact) mass is 259 g/mol. The van der Waals surface area contributed by atoms with E-state index in [0.717, 1.165) is 10.8 Å². The Bertz CT molecular complexity index is 618. The van der Waals surface area contributed by atoms with E-state index in [1.807, 2.05) is 18.2 Å². The molecule has 0 radical (unpaired) electrons. The number of rotatable bonds is 4. The second-order valence-corrected chi connectivity index (χ2v) is 4.07. The van der Waals surface area contributed by atoms with E-state index >= 15 is 0 Å². The average molecular weight is 259 g/mol. The van der Waals surface area contributed by atoms with Crippen LogP contribution < -0.4 is 5.32 Å². The average Bonchev–Trinajstić information content (AvgIpc) is 2.43. The number of amides is 1. The number of carboxylic acids is 1. The maximum atomic E-state index is 12.0. The second-order valence-electron chi connectivity index (χ2n) is 4.07. The molecule has 0 bridgehead atoms. The van der Waals surface area contributed by atoms with Gasteiger partial charge < -0.3 is 15.5 Å². The lowest BCUT2D eigenvalue weighted by Gasteiger charge is -2.12. The van der Waals surface area contributed by atoms with Crippen molar-refractivity contribution in [3.63, 3.8) is 0 Å². The standard InChI is InChI=1S/C14H13NO4/c16-8-12(14(18)19)15-13(17)11-7-3-5-9-4-1-2-6-10(9)11/h1-7,12,16H,8H2,(H,15,17)(H,18,19)/t12-/m1/s1. The summed E-state index contributed by atoms with van der Waals surface area (Å²) in [4.78, 5) is 22.8. The Morgan fingerprint density at radius 3 is 2.47 bits per heavy atom. The highest BCUT2D eigenvalue weighted by Crippen LogP contribution is 2.18. The molecule has 0 aromatic heterocycles. The van der Waals surface area contributed by atoms with Gasteiger partial charge in [-0.2, -0.15) is 0 Å². The molecule has 0 aliphatic heterocycles. The summed E-state index contributed by atoms with van der Waals surface area (Å²) in [7, 11) is 0. The number of carbonyl (C=O) groups excluding carboxylic acids is 1. The van der Waals surface area contributed by atoms with Crippen LogP contribution in [0.15, 0.2) is 42.5 Å². The van der Waals surface area contributed by atoms with Crippen LogP contribution >= 0.6 is 0 Å². The van der Waals surface area contributed by atoms with Crippen LogP contribution in [0.1, 0.15) is 10.4 Å². The number of fused-ring (bicyclic) bond motifs is 1. The first kappa shape index (κ1) is 13.0. The number of nitrogens with one attached hydrogen (secondary N) is 1. The van der Waals surface area contributed by atoms with Crippen LogP contribution in [0.4, 0.5) is 0 Å². The molecule has 5 nitrogen and oxygen atoms in total. The Balaban J connectivity index is 2.34. The van der Waals surface area contributed by atoms with E-state index in [9.17, 15) is 9.59 Å². The molecule has 2 rings (SSSR count). The normalized spacial score (nSPS) is 12.1. The highest BCUT2D eigenvalue weighted by atomic mass is 16.4. The van der Waals surface area contributed by atoms with E-state index in [1.54, 1.807) is 24.3 Å². The number of carboxylic acid groups (broad SMARTS) is 1. The fraction of sp³-hybridized carbons (Fsp3) is 0.143. The SMILES string of the molecule is O=C(N[C@H](CO)C(=O)O)c1cccc2ccccc12. The molecule has 0 aliphatic carbocycles. The first-order chi connectivity index (χ1) is 9.13. The van der Waals surface area contributed by atoms with Crippen LogP contribution in [-0.2, 0) is 4.79 Å². The molecule has 0 aliphatic rings. The summed E-state index contributed by atoms with van der Waals surface area (Å²) < 4.78 is 0. The van der Waals surface area contributed by atoms with Gasteiger partial charge in [-0.25, -0.2) is 4.79 Å². The van der Waals surface area contributed by atoms with Gasteiger partial charge in [0.15, 0.2) is 6.04 Å². The number of hydrogen-bond donors (Lipinski definition) is 3. The maximum Gasteiger partial charge on any atom is 0.328 e. The molecule has 0 unspecified atom stereocenters. The first-order valence-corrected chi connectivity index (χ1v) is 5.76. The summed E-state index contributed by atoms with van der Waals surface area (Å²) in [5.41, 5.74) is 0.387. The van der Waals surface area contributed by atoms with Crippen LogP contribution in [0, 0.1) is 0 Å². The zero-order valence-corrected chi connectivity index (χ0v) is 10.0. The number of aliphatic hydroxyl groups excluding tert-OH is 1. The summed E-state index contributed by atoms with van der Waals surface area (Å²) >= 11 is 0. The molecule has 0 saturated carbocycles. The smallest absolute Gasteiger partial charge is 0.328 e. The molecular weight excluding hydrogens is 246 g/mol. The molecular formula is C14H13NO4. The van der Waals surface area contributed by atoms with Gasteiger partial charge in [0.05, 0.1) is 6.61 Å². The third-order valence-electron chi connectivity index (χ3n) is 2.82. The van der Waals surface area contributed by atoms with Gasteiger partial charge in [-0.15, -0.1) is 0 Å². The second kappa shape index (κ2) is 5.49. The van der Waals surface area contributed by atoms with Crippen molar-refractivity contribution in [1.29, 1.82) is 0 Å². The fourth-order valence-corrected chi connectivity index (χ4v) is 1.84. The number of aliphatic carboxylic acids is 1. The number of hydrogen-bond acceptors (Lipinski definition) is 3. The van der Waals surface area contributed by atoms with Gasteiger partial charge in [0.25, 0.3) is 5.91 Å². The summed E-state index contributed by atoms with van der Waals surface area (Å²) in [5, 5.41) is 21.6. The molecule has 0 heterocycles. The van der Waals surface area contributed by atoms with Crippen molar-refractivity contribution >= 4 is 22.6 Å². The van der Waals surface area contributed by atoms with Gasteiger partial charge in [0.2, 0.25) is 0 Å². The summed E-state index contributed by atoms with van der Waals surface area (Å²) in [6.07, 6.45) is 0. The van der Waals surface area contributed by atoms with Gasteiger partial charge in [-0.3, -0.25) is 4.79 Å². The molecule has 3 N–H and O–H groups in total. The third kappa shape index (κ3) is 2.71. The van der Waals surface area contributed by atoms with E-state index in [4.69, 9.17) is 10.2 Å². The fourth-order valence-electron chi connectivity index (χ4n) is 1.84. The van der Waals surface area contributed by atoms with Crippen LogP contribution in [0.25, 0.3) is 10.8 Å². The van der Waals surface area contributed by atoms with Crippen LogP contribution in [-0.4, -0.2) is 34.7 Å². The van der Waals surface area contributed by atoms with Crippen molar-refractivity contribution < 1.29 is 19.8 Å². The van der Waals surface area contributed by atoms with Crippen molar-refractivity contribution in [1.82, 2.24) is 5.32 Å². The quantitative estimate of drug-likeness (QED) is 0.765. The summed E-state index contributed by atoms with van der Waals surface area (Å²) in [6.45, 7) is -0.647. The Kier molecular flexibility index (Phi) is 3.77. The van der Waals surface area contributed by atoms with Gasteiger partial charge >= 0.3 is 5.97 Å². The molecule has 2 aromatic rings. The zero-order chi connectivity index (χ0) is 13.8. The molecule has 1 amide bonds. The highest BCUT2D eigenvalue weighted by Gasteiger charge is 2.20. The van der Waals surface area contributed by atoms with Gasteiger partial charge in [0.1, 0.15) is 0 Å². The van der Waals surface area contributed by atoms with Crippen molar-refractivity contribution in [2.75, 3.05) is 6.61 Å². The summed E-state index contributed by atoms with van der Waals surface area (Å²) in [5.74, 6) is -1.78.